The zero-order chi connectivity index (χ0) is 16.9. The van der Waals surface area contributed by atoms with E-state index in [0.717, 1.165) is 4.31 Å². The van der Waals surface area contributed by atoms with Gasteiger partial charge in [-0.15, -0.1) is 0 Å². The van der Waals surface area contributed by atoms with Crippen molar-refractivity contribution in [2.45, 2.75) is 6.04 Å². The molecule has 0 aliphatic heterocycles. The van der Waals surface area contributed by atoms with Gasteiger partial charge >= 0.3 is 0 Å². The molecule has 0 spiro atoms. The van der Waals surface area contributed by atoms with E-state index in [1.165, 1.54) is 32.3 Å². The quantitative estimate of drug-likeness (QED) is 0.787. The van der Waals surface area contributed by atoms with Gasteiger partial charge in [-0.25, -0.2) is 17.1 Å². The summed E-state index contributed by atoms with van der Waals surface area (Å²) in [4.78, 5) is 13.9. The molecular weight excluding hydrogens is 309 g/mol. The third-order valence-corrected chi connectivity index (χ3v) is 4.98. The monoisotopic (exact) mass is 331 g/mol. The van der Waals surface area contributed by atoms with E-state index in [4.69, 9.17) is 0 Å². The molecule has 0 aliphatic rings. The Hall–Kier alpha value is -1.51. The largest absolute Gasteiger partial charge is 0.353 e. The summed E-state index contributed by atoms with van der Waals surface area (Å²) in [6.45, 7) is -0.000990. The van der Waals surface area contributed by atoms with Crippen molar-refractivity contribution < 1.29 is 17.6 Å². The molecule has 0 aromatic heterocycles. The van der Waals surface area contributed by atoms with Gasteiger partial charge in [-0.05, 0) is 31.8 Å². The summed E-state index contributed by atoms with van der Waals surface area (Å²) in [5.74, 6) is -0.980. The third kappa shape index (κ3) is 5.04. The molecule has 1 rings (SSSR count). The van der Waals surface area contributed by atoms with Crippen molar-refractivity contribution in [3.8, 4) is 0 Å². The van der Waals surface area contributed by atoms with Crippen LogP contribution in [0.1, 0.15) is 11.6 Å². The Morgan fingerprint density at radius 3 is 2.41 bits per heavy atom. The van der Waals surface area contributed by atoms with Crippen molar-refractivity contribution in [2.24, 2.45) is 0 Å². The molecule has 0 aliphatic carbocycles. The topological polar surface area (TPSA) is 69.7 Å². The number of benzene rings is 1. The van der Waals surface area contributed by atoms with Gasteiger partial charge < -0.3 is 5.32 Å². The standard InChI is InChI=1S/C14H22FN3O3S/c1-17(2)13(11-6-5-7-12(15)10-11)14(19)16-8-9-22(20,21)18(3)4/h5-7,10,13H,8-9H2,1-4H3,(H,16,19)/t13-/m1/s1. The molecule has 1 amide bonds. The fourth-order valence-electron chi connectivity index (χ4n) is 1.94. The normalized spacial score (nSPS) is 13.4. The Kier molecular flexibility index (Phi) is 6.46. The van der Waals surface area contributed by atoms with Crippen LogP contribution in [0.5, 0.6) is 0 Å². The molecule has 0 fully saturated rings. The Labute approximate surface area is 131 Å². The van der Waals surface area contributed by atoms with E-state index < -0.39 is 21.9 Å². The van der Waals surface area contributed by atoms with Crippen LogP contribution in [0.3, 0.4) is 0 Å². The van der Waals surface area contributed by atoms with E-state index in [1.807, 2.05) is 0 Å². The van der Waals surface area contributed by atoms with Crippen LogP contribution in [0, 0.1) is 5.82 Å². The van der Waals surface area contributed by atoms with Crippen LogP contribution >= 0.6 is 0 Å². The van der Waals surface area contributed by atoms with Gasteiger partial charge in [0, 0.05) is 20.6 Å². The minimum absolute atomic E-state index is 0.000990. The van der Waals surface area contributed by atoms with Crippen molar-refractivity contribution in [3.05, 3.63) is 35.6 Å². The molecule has 0 bridgehead atoms. The summed E-state index contributed by atoms with van der Waals surface area (Å²) in [5, 5.41) is 2.58. The number of likely N-dealkylation sites (N-methyl/N-ethyl adjacent to an activating group) is 1. The number of halogens is 1. The van der Waals surface area contributed by atoms with Crippen LogP contribution in [0.15, 0.2) is 24.3 Å². The molecule has 0 unspecified atom stereocenters. The highest BCUT2D eigenvalue weighted by atomic mass is 32.2. The molecule has 0 heterocycles. The lowest BCUT2D eigenvalue weighted by Crippen LogP contribution is -2.40. The number of hydrogen-bond acceptors (Lipinski definition) is 4. The van der Waals surface area contributed by atoms with E-state index in [2.05, 4.69) is 5.32 Å². The number of carbonyl (C=O) groups is 1. The Morgan fingerprint density at radius 2 is 1.91 bits per heavy atom. The first-order chi connectivity index (χ1) is 10.1. The van der Waals surface area contributed by atoms with E-state index in [1.54, 1.807) is 25.1 Å². The molecule has 8 heteroatoms. The minimum atomic E-state index is -3.37. The maximum atomic E-state index is 13.3. The zero-order valence-electron chi connectivity index (χ0n) is 13.2. The average molecular weight is 331 g/mol. The molecule has 1 aromatic carbocycles. The highest BCUT2D eigenvalue weighted by molar-refractivity contribution is 7.89. The predicted octanol–water partition coefficient (Wildman–Crippen LogP) is 0.436. The molecule has 22 heavy (non-hydrogen) atoms. The van der Waals surface area contributed by atoms with Crippen LogP contribution in [0.25, 0.3) is 0 Å². The molecule has 6 nitrogen and oxygen atoms in total. The average Bonchev–Trinajstić information content (AvgIpc) is 2.38. The van der Waals surface area contributed by atoms with Gasteiger partial charge in [-0.3, -0.25) is 9.69 Å². The maximum absolute atomic E-state index is 13.3. The van der Waals surface area contributed by atoms with Gasteiger partial charge in [0.15, 0.2) is 0 Å². The second kappa shape index (κ2) is 7.66. The van der Waals surface area contributed by atoms with Crippen LogP contribution in [-0.2, 0) is 14.8 Å². The van der Waals surface area contributed by atoms with Gasteiger partial charge in [0.2, 0.25) is 15.9 Å². The minimum Gasteiger partial charge on any atom is -0.353 e. The lowest BCUT2D eigenvalue weighted by Gasteiger charge is -2.24. The van der Waals surface area contributed by atoms with Gasteiger partial charge in [-0.1, -0.05) is 12.1 Å². The molecular formula is C14H22FN3O3S. The molecule has 0 saturated carbocycles. The molecule has 0 saturated heterocycles. The molecule has 1 N–H and O–H groups in total. The number of rotatable bonds is 7. The van der Waals surface area contributed by atoms with Crippen molar-refractivity contribution in [1.82, 2.24) is 14.5 Å². The van der Waals surface area contributed by atoms with E-state index >= 15 is 0 Å². The van der Waals surface area contributed by atoms with E-state index in [9.17, 15) is 17.6 Å². The third-order valence-electron chi connectivity index (χ3n) is 3.14. The second-order valence-corrected chi connectivity index (χ2v) is 7.61. The van der Waals surface area contributed by atoms with Crippen molar-refractivity contribution in [1.29, 1.82) is 0 Å². The molecule has 1 aromatic rings. The Morgan fingerprint density at radius 1 is 1.27 bits per heavy atom. The summed E-state index contributed by atoms with van der Waals surface area (Å²) in [6.07, 6.45) is 0. The fraction of sp³-hybridized carbons (Fsp3) is 0.500. The second-order valence-electron chi connectivity index (χ2n) is 5.31. The first-order valence-electron chi connectivity index (χ1n) is 6.75. The van der Waals surface area contributed by atoms with Crippen molar-refractivity contribution in [2.75, 3.05) is 40.5 Å². The highest BCUT2D eigenvalue weighted by Gasteiger charge is 2.23. The van der Waals surface area contributed by atoms with Crippen LogP contribution in [0.2, 0.25) is 0 Å². The van der Waals surface area contributed by atoms with Crippen LogP contribution in [0.4, 0.5) is 4.39 Å². The lowest BCUT2D eigenvalue weighted by molar-refractivity contribution is -0.125. The summed E-state index contributed by atoms with van der Waals surface area (Å²) in [5.41, 5.74) is 0.512. The lowest BCUT2D eigenvalue weighted by atomic mass is 10.1. The molecule has 1 atom stereocenters. The number of hydrogen-bond donors (Lipinski definition) is 1. The van der Waals surface area contributed by atoms with E-state index in [-0.39, 0.29) is 18.2 Å². The number of carbonyl (C=O) groups excluding carboxylic acids is 1. The Balaban J connectivity index is 2.76. The summed E-state index contributed by atoms with van der Waals surface area (Å²) >= 11 is 0. The fourth-order valence-corrected chi connectivity index (χ4v) is 2.67. The van der Waals surface area contributed by atoms with Crippen molar-refractivity contribution >= 4 is 15.9 Å². The smallest absolute Gasteiger partial charge is 0.241 e. The first-order valence-corrected chi connectivity index (χ1v) is 8.36. The van der Waals surface area contributed by atoms with Crippen molar-refractivity contribution in [3.63, 3.8) is 0 Å². The van der Waals surface area contributed by atoms with E-state index in [0.29, 0.717) is 5.56 Å². The summed E-state index contributed by atoms with van der Waals surface area (Å²) < 4.78 is 37.7. The SMILES string of the molecule is CN(C)[C@@H](C(=O)NCCS(=O)(=O)N(C)C)c1cccc(F)c1. The number of nitrogens with zero attached hydrogens (tertiary/aromatic N) is 2. The maximum Gasteiger partial charge on any atom is 0.241 e. The number of amides is 1. The van der Waals surface area contributed by atoms with Gasteiger partial charge in [0.1, 0.15) is 11.9 Å². The number of nitrogens with one attached hydrogen (secondary N) is 1. The highest BCUT2D eigenvalue weighted by Crippen LogP contribution is 2.19. The number of sulfonamides is 1. The van der Waals surface area contributed by atoms with Crippen LogP contribution < -0.4 is 5.32 Å². The van der Waals surface area contributed by atoms with Crippen LogP contribution in [-0.4, -0.2) is 64.0 Å². The zero-order valence-corrected chi connectivity index (χ0v) is 14.0. The molecule has 124 valence electrons. The Bertz CT molecular complexity index is 618. The summed E-state index contributed by atoms with van der Waals surface area (Å²) in [6, 6.07) is 5.10. The summed E-state index contributed by atoms with van der Waals surface area (Å²) in [7, 11) is 2.91. The predicted molar refractivity (Wildman–Crippen MR) is 83.3 cm³/mol. The van der Waals surface area contributed by atoms with Gasteiger partial charge in [-0.2, -0.15) is 0 Å². The van der Waals surface area contributed by atoms with Gasteiger partial charge in [0.05, 0.1) is 5.75 Å². The molecule has 0 radical (unpaired) electrons. The van der Waals surface area contributed by atoms with Gasteiger partial charge in [0.25, 0.3) is 0 Å². The first kappa shape index (κ1) is 18.5.